The zero-order valence-corrected chi connectivity index (χ0v) is 12.1. The number of nitrogens with zero attached hydrogens (tertiary/aromatic N) is 1. The number of hydrogen-bond donors (Lipinski definition) is 1. The molecule has 15 heavy (non-hydrogen) atoms. The highest BCUT2D eigenvalue weighted by atomic mass is 32.2. The van der Waals surface area contributed by atoms with Crippen molar-refractivity contribution in [3.8, 4) is 0 Å². The van der Waals surface area contributed by atoms with E-state index in [1.54, 1.807) is 0 Å². The normalized spacial score (nSPS) is 14.6. The summed E-state index contributed by atoms with van der Waals surface area (Å²) in [6.07, 6.45) is 3.43. The molecule has 3 heteroatoms. The third-order valence-electron chi connectivity index (χ3n) is 2.57. The highest BCUT2D eigenvalue weighted by Gasteiger charge is 2.13. The van der Waals surface area contributed by atoms with Crippen molar-refractivity contribution in [2.45, 2.75) is 45.7 Å². The van der Waals surface area contributed by atoms with Crippen LogP contribution in [0.4, 0.5) is 0 Å². The molecule has 1 unspecified atom stereocenters. The van der Waals surface area contributed by atoms with E-state index in [-0.39, 0.29) is 5.54 Å². The molecule has 0 heterocycles. The van der Waals surface area contributed by atoms with E-state index in [2.05, 4.69) is 51.2 Å². The number of nitrogens with one attached hydrogen (secondary N) is 1. The predicted molar refractivity (Wildman–Crippen MR) is 72.8 cm³/mol. The van der Waals surface area contributed by atoms with Gasteiger partial charge in [0.1, 0.15) is 0 Å². The Morgan fingerprint density at radius 1 is 1.33 bits per heavy atom. The van der Waals surface area contributed by atoms with Crippen LogP contribution in [0.3, 0.4) is 0 Å². The van der Waals surface area contributed by atoms with Crippen LogP contribution in [0.1, 0.15) is 34.1 Å². The van der Waals surface area contributed by atoms with Crippen molar-refractivity contribution >= 4 is 11.8 Å². The van der Waals surface area contributed by atoms with E-state index in [1.807, 2.05) is 11.8 Å². The summed E-state index contributed by atoms with van der Waals surface area (Å²) in [5.41, 5.74) is 0.238. The minimum Gasteiger partial charge on any atom is -0.311 e. The molecule has 0 aliphatic carbocycles. The van der Waals surface area contributed by atoms with Gasteiger partial charge in [-0.1, -0.05) is 6.92 Å². The molecule has 0 aliphatic rings. The number of hydrogen-bond acceptors (Lipinski definition) is 3. The molecule has 0 rings (SSSR count). The van der Waals surface area contributed by atoms with Crippen molar-refractivity contribution < 1.29 is 0 Å². The lowest BCUT2D eigenvalue weighted by Gasteiger charge is -2.28. The maximum atomic E-state index is 3.53. The first-order valence-electron chi connectivity index (χ1n) is 5.85. The van der Waals surface area contributed by atoms with Crippen molar-refractivity contribution in [3.05, 3.63) is 0 Å². The average molecular weight is 232 g/mol. The van der Waals surface area contributed by atoms with Gasteiger partial charge in [0.15, 0.2) is 0 Å². The third kappa shape index (κ3) is 8.12. The van der Waals surface area contributed by atoms with E-state index >= 15 is 0 Å². The van der Waals surface area contributed by atoms with Gasteiger partial charge in [-0.15, -0.1) is 0 Å². The van der Waals surface area contributed by atoms with Crippen LogP contribution in [0.25, 0.3) is 0 Å². The van der Waals surface area contributed by atoms with Crippen molar-refractivity contribution in [1.82, 2.24) is 10.2 Å². The van der Waals surface area contributed by atoms with Crippen molar-refractivity contribution in [2.75, 3.05) is 32.1 Å². The van der Waals surface area contributed by atoms with Gasteiger partial charge in [0, 0.05) is 30.4 Å². The Morgan fingerprint density at radius 3 is 2.33 bits per heavy atom. The monoisotopic (exact) mass is 232 g/mol. The largest absolute Gasteiger partial charge is 0.311 e. The summed E-state index contributed by atoms with van der Waals surface area (Å²) >= 11 is 1.94. The molecule has 1 N–H and O–H groups in total. The molecule has 2 nitrogen and oxygen atoms in total. The average Bonchev–Trinajstić information content (AvgIpc) is 2.11. The van der Waals surface area contributed by atoms with E-state index in [1.165, 1.54) is 12.2 Å². The minimum absolute atomic E-state index is 0.238. The molecular formula is C12H28N2S. The highest BCUT2D eigenvalue weighted by Crippen LogP contribution is 2.07. The molecule has 0 saturated carbocycles. The lowest BCUT2D eigenvalue weighted by atomic mass is 10.1. The summed E-state index contributed by atoms with van der Waals surface area (Å²) in [5, 5.41) is 3.53. The summed E-state index contributed by atoms with van der Waals surface area (Å²) < 4.78 is 0. The van der Waals surface area contributed by atoms with Crippen LogP contribution in [0.5, 0.6) is 0 Å². The van der Waals surface area contributed by atoms with Crippen LogP contribution >= 0.6 is 11.8 Å². The third-order valence-corrected chi connectivity index (χ3v) is 3.29. The van der Waals surface area contributed by atoms with Gasteiger partial charge < -0.3 is 10.2 Å². The Hall–Kier alpha value is 0.270. The van der Waals surface area contributed by atoms with Gasteiger partial charge in [0.2, 0.25) is 0 Å². The molecule has 92 valence electrons. The number of likely N-dealkylation sites (N-methyl/N-ethyl adjacent to an activating group) is 1. The van der Waals surface area contributed by atoms with Gasteiger partial charge in [-0.05, 0) is 40.5 Å². The zero-order valence-electron chi connectivity index (χ0n) is 11.3. The minimum atomic E-state index is 0.238. The van der Waals surface area contributed by atoms with Crippen LogP contribution in [-0.4, -0.2) is 48.6 Å². The molecule has 0 spiro atoms. The molecule has 0 saturated heterocycles. The van der Waals surface area contributed by atoms with Gasteiger partial charge in [-0.2, -0.15) is 11.8 Å². The molecule has 0 radical (unpaired) electrons. The van der Waals surface area contributed by atoms with Crippen molar-refractivity contribution in [3.63, 3.8) is 0 Å². The Labute approximate surface area is 100 Å². The van der Waals surface area contributed by atoms with Gasteiger partial charge in [0.05, 0.1) is 0 Å². The van der Waals surface area contributed by atoms with E-state index < -0.39 is 0 Å². The first kappa shape index (κ1) is 15.3. The van der Waals surface area contributed by atoms with Crippen LogP contribution < -0.4 is 5.32 Å². The fraction of sp³-hybridized carbons (Fsp3) is 1.00. The first-order valence-corrected chi connectivity index (χ1v) is 7.24. The fourth-order valence-corrected chi connectivity index (χ4v) is 2.41. The molecule has 0 fully saturated rings. The van der Waals surface area contributed by atoms with Crippen molar-refractivity contribution in [1.29, 1.82) is 0 Å². The smallest absolute Gasteiger partial charge is 0.0181 e. The lowest BCUT2D eigenvalue weighted by molar-refractivity contribution is 0.246. The summed E-state index contributed by atoms with van der Waals surface area (Å²) in [6.45, 7) is 11.1. The molecule has 0 amide bonds. The van der Waals surface area contributed by atoms with E-state index in [9.17, 15) is 0 Å². The summed E-state index contributed by atoms with van der Waals surface area (Å²) in [4.78, 5) is 2.47. The Morgan fingerprint density at radius 2 is 1.93 bits per heavy atom. The van der Waals surface area contributed by atoms with Gasteiger partial charge >= 0.3 is 0 Å². The molecule has 1 atom stereocenters. The Balaban J connectivity index is 3.75. The predicted octanol–water partition coefficient (Wildman–Crippen LogP) is 2.45. The van der Waals surface area contributed by atoms with E-state index in [0.717, 1.165) is 19.1 Å². The Kier molecular flexibility index (Phi) is 7.66. The lowest BCUT2D eigenvalue weighted by Crippen LogP contribution is -2.43. The van der Waals surface area contributed by atoms with Crippen LogP contribution in [0.15, 0.2) is 0 Å². The van der Waals surface area contributed by atoms with E-state index in [0.29, 0.717) is 0 Å². The fourth-order valence-electron chi connectivity index (χ4n) is 1.54. The number of rotatable bonds is 7. The van der Waals surface area contributed by atoms with Crippen LogP contribution in [0.2, 0.25) is 0 Å². The second kappa shape index (κ2) is 7.53. The SMILES string of the molecule is CCC(CSC)N(C)CCNC(C)(C)C. The molecule has 0 aliphatic heterocycles. The van der Waals surface area contributed by atoms with Gasteiger partial charge in [0.25, 0.3) is 0 Å². The highest BCUT2D eigenvalue weighted by molar-refractivity contribution is 7.98. The molecular weight excluding hydrogens is 204 g/mol. The molecule has 0 bridgehead atoms. The van der Waals surface area contributed by atoms with Crippen LogP contribution in [0, 0.1) is 0 Å². The summed E-state index contributed by atoms with van der Waals surface area (Å²) in [6, 6.07) is 0.724. The molecule has 0 aromatic heterocycles. The number of thioether (sulfide) groups is 1. The summed E-state index contributed by atoms with van der Waals surface area (Å²) in [5.74, 6) is 1.24. The van der Waals surface area contributed by atoms with Crippen LogP contribution in [-0.2, 0) is 0 Å². The van der Waals surface area contributed by atoms with Crippen molar-refractivity contribution in [2.24, 2.45) is 0 Å². The maximum absolute atomic E-state index is 3.53. The topological polar surface area (TPSA) is 15.3 Å². The quantitative estimate of drug-likeness (QED) is 0.726. The second-order valence-electron chi connectivity index (χ2n) is 5.17. The summed E-state index contributed by atoms with van der Waals surface area (Å²) in [7, 11) is 2.23. The van der Waals surface area contributed by atoms with Gasteiger partial charge in [-0.25, -0.2) is 0 Å². The molecule has 0 aromatic rings. The second-order valence-corrected chi connectivity index (χ2v) is 6.09. The maximum Gasteiger partial charge on any atom is 0.0181 e. The first-order chi connectivity index (χ1) is 6.90. The van der Waals surface area contributed by atoms with E-state index in [4.69, 9.17) is 0 Å². The molecule has 0 aromatic carbocycles. The van der Waals surface area contributed by atoms with Gasteiger partial charge in [-0.3, -0.25) is 0 Å². The Bertz CT molecular complexity index is 154. The standard InChI is InChI=1S/C12H28N2S/c1-7-11(10-15-6)14(5)9-8-13-12(2,3)4/h11,13H,7-10H2,1-6H3. The zero-order chi connectivity index (χ0) is 11.9.